The summed E-state index contributed by atoms with van der Waals surface area (Å²) >= 11 is 3.44. The zero-order valence-electron chi connectivity index (χ0n) is 17.8. The Morgan fingerprint density at radius 2 is 1.09 bits per heavy atom. The highest BCUT2D eigenvalue weighted by atomic mass is 32.2. The number of carboxylic acid groups (broad SMARTS) is 1. The van der Waals surface area contributed by atoms with E-state index in [1.54, 1.807) is 30.4 Å². The summed E-state index contributed by atoms with van der Waals surface area (Å²) in [6, 6.07) is 31.4. The second-order valence-corrected chi connectivity index (χ2v) is 9.69. The Hall–Kier alpha value is -3.35. The van der Waals surface area contributed by atoms with E-state index < -0.39 is 12.0 Å². The van der Waals surface area contributed by atoms with E-state index in [2.05, 4.69) is 12.1 Å². The van der Waals surface area contributed by atoms with Crippen LogP contribution in [0.1, 0.15) is 6.92 Å². The van der Waals surface area contributed by atoms with Gasteiger partial charge in [0.2, 0.25) is 0 Å². The van der Waals surface area contributed by atoms with Crippen molar-refractivity contribution in [2.24, 2.45) is 0 Å². The van der Waals surface area contributed by atoms with Crippen molar-refractivity contribution in [3.63, 3.8) is 0 Å². The number of carbonyl (C=O) groups is 1. The van der Waals surface area contributed by atoms with Crippen molar-refractivity contribution in [3.05, 3.63) is 97.1 Å². The molecule has 0 saturated heterocycles. The maximum absolute atomic E-state index is 11.4. The molecule has 1 unspecified atom stereocenters. The average molecular weight is 472 g/mol. The summed E-state index contributed by atoms with van der Waals surface area (Å²) in [7, 11) is 0. The first-order valence-corrected chi connectivity index (χ1v) is 12.2. The van der Waals surface area contributed by atoms with Crippen LogP contribution in [0.15, 0.2) is 117 Å². The minimum atomic E-state index is -0.823. The Morgan fingerprint density at radius 3 is 1.58 bits per heavy atom. The van der Waals surface area contributed by atoms with Gasteiger partial charge in [0.15, 0.2) is 0 Å². The molecule has 0 saturated carbocycles. The molecule has 0 spiro atoms. The highest BCUT2D eigenvalue weighted by Gasteiger charge is 2.29. The van der Waals surface area contributed by atoms with Crippen molar-refractivity contribution < 1.29 is 14.6 Å². The van der Waals surface area contributed by atoms with E-state index in [9.17, 15) is 9.90 Å². The van der Waals surface area contributed by atoms with Crippen LogP contribution >= 0.6 is 23.5 Å². The quantitative estimate of drug-likeness (QED) is 0.285. The number of anilines is 2. The summed E-state index contributed by atoms with van der Waals surface area (Å²) < 4.78 is 5.76. The van der Waals surface area contributed by atoms with Gasteiger partial charge < -0.3 is 14.7 Å². The first-order valence-electron chi connectivity index (χ1n) is 10.5. The van der Waals surface area contributed by atoms with Crippen LogP contribution in [-0.2, 0) is 4.79 Å². The van der Waals surface area contributed by atoms with E-state index in [1.165, 1.54) is 9.79 Å². The average Bonchev–Trinajstić information content (AvgIpc) is 2.86. The lowest BCUT2D eigenvalue weighted by molar-refractivity contribution is -0.138. The predicted octanol–water partition coefficient (Wildman–Crippen LogP) is 7.71. The third kappa shape index (κ3) is 4.32. The molecule has 2 aliphatic heterocycles. The molecule has 164 valence electrons. The number of fused-ring (bicyclic) bond motifs is 4. The van der Waals surface area contributed by atoms with Crippen molar-refractivity contribution in [2.75, 3.05) is 4.90 Å². The topological polar surface area (TPSA) is 49.8 Å². The number of hydrogen-bond donors (Lipinski definition) is 1. The molecule has 4 aromatic carbocycles. The van der Waals surface area contributed by atoms with Crippen molar-refractivity contribution in [1.82, 2.24) is 0 Å². The monoisotopic (exact) mass is 471 g/mol. The second kappa shape index (κ2) is 9.25. The van der Waals surface area contributed by atoms with E-state index in [0.717, 1.165) is 32.7 Å². The molecule has 1 atom stereocenters. The zero-order valence-corrected chi connectivity index (χ0v) is 19.5. The summed E-state index contributed by atoms with van der Waals surface area (Å²) in [5.41, 5.74) is 1.92. The van der Waals surface area contributed by atoms with Gasteiger partial charge in [-0.05, 0) is 55.5 Å². The van der Waals surface area contributed by atoms with Crippen molar-refractivity contribution >= 4 is 40.9 Å². The van der Waals surface area contributed by atoms with E-state index in [1.807, 2.05) is 89.8 Å². The smallest absolute Gasteiger partial charge is 0.326 e. The first kappa shape index (κ1) is 21.5. The first-order chi connectivity index (χ1) is 16.1. The largest absolute Gasteiger partial charge is 0.480 e. The van der Waals surface area contributed by atoms with Crippen LogP contribution < -0.4 is 9.64 Å². The second-order valence-electron chi connectivity index (χ2n) is 7.52. The molecular formula is C27H21NO3S2. The number of hydrogen-bond acceptors (Lipinski definition) is 5. The van der Waals surface area contributed by atoms with Crippen LogP contribution in [-0.4, -0.2) is 17.1 Å². The molecule has 6 rings (SSSR count). The minimum Gasteiger partial charge on any atom is -0.480 e. The van der Waals surface area contributed by atoms with Crippen LogP contribution in [0.4, 0.5) is 11.4 Å². The van der Waals surface area contributed by atoms with E-state index in [4.69, 9.17) is 4.74 Å². The standard InChI is InChI=1S/C15H13NO2S.C12H8OS/c1-10(15(17)18)16-11-6-2-4-8-13(11)19-14-9-5-3-7-12(14)16;1-3-7-11-9(5-1)13-10-6-2-4-8-12(10)14-11/h2-10H,1H3,(H,17,18);1-8H. The van der Waals surface area contributed by atoms with Crippen LogP contribution in [0.3, 0.4) is 0 Å². The van der Waals surface area contributed by atoms with Crippen LogP contribution in [0.2, 0.25) is 0 Å². The minimum absolute atomic E-state index is 0.594. The van der Waals surface area contributed by atoms with E-state index >= 15 is 0 Å². The zero-order chi connectivity index (χ0) is 22.8. The molecular weight excluding hydrogens is 450 g/mol. The van der Waals surface area contributed by atoms with Crippen molar-refractivity contribution in [1.29, 1.82) is 0 Å². The number of aliphatic carboxylic acids is 1. The Bertz CT molecular complexity index is 1190. The van der Waals surface area contributed by atoms with Gasteiger partial charge in [-0.3, -0.25) is 0 Å². The van der Waals surface area contributed by atoms with Gasteiger partial charge in [-0.1, -0.05) is 72.1 Å². The normalized spacial score (nSPS) is 13.7. The molecule has 2 aliphatic rings. The van der Waals surface area contributed by atoms with Gasteiger partial charge in [-0.15, -0.1) is 0 Å². The molecule has 6 heteroatoms. The molecule has 4 aromatic rings. The number of carboxylic acids is 1. The molecule has 0 amide bonds. The highest BCUT2D eigenvalue weighted by Crippen LogP contribution is 2.49. The maximum atomic E-state index is 11.4. The molecule has 0 fully saturated rings. The van der Waals surface area contributed by atoms with Gasteiger partial charge in [0.25, 0.3) is 0 Å². The number of nitrogens with zero attached hydrogens (tertiary/aromatic N) is 1. The van der Waals surface area contributed by atoms with Gasteiger partial charge >= 0.3 is 5.97 Å². The van der Waals surface area contributed by atoms with Gasteiger partial charge in [0.05, 0.1) is 21.2 Å². The number of ether oxygens (including phenoxy) is 1. The van der Waals surface area contributed by atoms with Gasteiger partial charge in [0, 0.05) is 9.79 Å². The fourth-order valence-corrected chi connectivity index (χ4v) is 5.76. The molecule has 4 nitrogen and oxygen atoms in total. The summed E-state index contributed by atoms with van der Waals surface area (Å²) in [4.78, 5) is 17.8. The number of benzene rings is 4. The fourth-order valence-electron chi connectivity index (χ4n) is 3.74. The lowest BCUT2D eigenvalue weighted by atomic mass is 10.1. The molecule has 1 N–H and O–H groups in total. The number of para-hydroxylation sites is 4. The Morgan fingerprint density at radius 1 is 0.697 bits per heavy atom. The van der Waals surface area contributed by atoms with E-state index in [-0.39, 0.29) is 0 Å². The van der Waals surface area contributed by atoms with Crippen molar-refractivity contribution in [2.45, 2.75) is 32.5 Å². The van der Waals surface area contributed by atoms with E-state index in [0.29, 0.717) is 0 Å². The summed E-state index contributed by atoms with van der Waals surface area (Å²) in [5.74, 6) is 1.09. The third-order valence-corrected chi connectivity index (χ3v) is 7.60. The highest BCUT2D eigenvalue weighted by molar-refractivity contribution is 8.00. The molecule has 0 aromatic heterocycles. The van der Waals surface area contributed by atoms with Gasteiger partial charge in [-0.2, -0.15) is 0 Å². The SMILES string of the molecule is CC(C(=O)O)N1c2ccccc2Sc2ccccc21.c1ccc2c(c1)Oc1ccccc1S2. The predicted molar refractivity (Wildman–Crippen MR) is 133 cm³/mol. The lowest BCUT2D eigenvalue weighted by Gasteiger charge is -2.35. The third-order valence-electron chi connectivity index (χ3n) is 5.35. The molecule has 0 bridgehead atoms. The van der Waals surface area contributed by atoms with Gasteiger partial charge in [0.1, 0.15) is 17.5 Å². The molecule has 0 radical (unpaired) electrons. The molecule has 33 heavy (non-hydrogen) atoms. The maximum Gasteiger partial charge on any atom is 0.326 e. The Balaban J connectivity index is 0.000000144. The number of rotatable bonds is 2. The van der Waals surface area contributed by atoms with Crippen LogP contribution in [0, 0.1) is 0 Å². The van der Waals surface area contributed by atoms with Crippen LogP contribution in [0.5, 0.6) is 11.5 Å². The summed E-state index contributed by atoms with van der Waals surface area (Å²) in [5, 5.41) is 9.34. The summed E-state index contributed by atoms with van der Waals surface area (Å²) in [6.45, 7) is 1.71. The van der Waals surface area contributed by atoms with Crippen LogP contribution in [0.25, 0.3) is 0 Å². The molecule has 2 heterocycles. The lowest BCUT2D eigenvalue weighted by Crippen LogP contribution is -2.36. The Labute approximate surface area is 201 Å². The van der Waals surface area contributed by atoms with Crippen molar-refractivity contribution in [3.8, 4) is 11.5 Å². The summed E-state index contributed by atoms with van der Waals surface area (Å²) in [6.07, 6.45) is 0. The Kier molecular flexibility index (Phi) is 6.03. The fraction of sp³-hybridized carbons (Fsp3) is 0.0741. The molecule has 0 aliphatic carbocycles. The van der Waals surface area contributed by atoms with Gasteiger partial charge in [-0.25, -0.2) is 4.79 Å².